The van der Waals surface area contributed by atoms with Gasteiger partial charge in [0.2, 0.25) is 6.29 Å². The van der Waals surface area contributed by atoms with Crippen molar-refractivity contribution in [2.75, 3.05) is 0 Å². The van der Waals surface area contributed by atoms with Crippen LogP contribution in [0.25, 0.3) is 0 Å². The molecule has 4 nitrogen and oxygen atoms in total. The lowest BCUT2D eigenvalue weighted by molar-refractivity contribution is -0.174. The number of carbonyl (C=O) groups is 1. The number of fused-ring (bicyclic) bond motifs is 1. The predicted octanol–water partition coefficient (Wildman–Crippen LogP) is 0.992. The Morgan fingerprint density at radius 2 is 2.27 bits per heavy atom. The van der Waals surface area contributed by atoms with E-state index in [4.69, 9.17) is 9.47 Å². The number of hydrogen-bond donors (Lipinski definition) is 1. The number of hydrogen-bond acceptors (Lipinski definition) is 4. The van der Waals surface area contributed by atoms with Crippen LogP contribution < -0.4 is 0 Å². The Labute approximate surface area is 88.9 Å². The van der Waals surface area contributed by atoms with Crippen molar-refractivity contribution < 1.29 is 19.4 Å². The van der Waals surface area contributed by atoms with Gasteiger partial charge in [0.05, 0.1) is 12.2 Å². The minimum Gasteiger partial charge on any atom is -0.432 e. The van der Waals surface area contributed by atoms with E-state index in [2.05, 4.69) is 6.58 Å². The van der Waals surface area contributed by atoms with Gasteiger partial charge in [-0.1, -0.05) is 6.58 Å². The molecule has 0 radical (unpaired) electrons. The van der Waals surface area contributed by atoms with Gasteiger partial charge >= 0.3 is 5.97 Å². The third kappa shape index (κ3) is 2.38. The zero-order chi connectivity index (χ0) is 11.0. The molecule has 0 aromatic carbocycles. The summed E-state index contributed by atoms with van der Waals surface area (Å²) in [6.07, 6.45) is 2.25. The Morgan fingerprint density at radius 1 is 1.53 bits per heavy atom. The van der Waals surface area contributed by atoms with Gasteiger partial charge in [-0.15, -0.1) is 0 Å². The molecule has 15 heavy (non-hydrogen) atoms. The molecule has 1 aliphatic carbocycles. The minimum atomic E-state index is -1.01. The fraction of sp³-hybridized carbons (Fsp3) is 0.727. The lowest BCUT2D eigenvalue weighted by Crippen LogP contribution is -2.30. The van der Waals surface area contributed by atoms with Crippen molar-refractivity contribution in [1.82, 2.24) is 0 Å². The van der Waals surface area contributed by atoms with Crippen molar-refractivity contribution in [3.63, 3.8) is 0 Å². The number of aliphatic hydroxyl groups is 1. The summed E-state index contributed by atoms with van der Waals surface area (Å²) in [6, 6.07) is 0. The van der Waals surface area contributed by atoms with E-state index < -0.39 is 12.3 Å². The molecule has 4 unspecified atom stereocenters. The fourth-order valence-corrected chi connectivity index (χ4v) is 2.00. The van der Waals surface area contributed by atoms with Crippen LogP contribution in [-0.2, 0) is 14.3 Å². The van der Waals surface area contributed by atoms with Crippen molar-refractivity contribution in [3.05, 3.63) is 12.2 Å². The van der Waals surface area contributed by atoms with E-state index in [9.17, 15) is 9.90 Å². The molecule has 4 heteroatoms. The predicted molar refractivity (Wildman–Crippen MR) is 52.9 cm³/mol. The Hall–Kier alpha value is -0.870. The average molecular weight is 212 g/mol. The summed E-state index contributed by atoms with van der Waals surface area (Å²) in [5.41, 5.74) is 0.311. The maximum Gasteiger partial charge on any atom is 0.335 e. The molecular weight excluding hydrogens is 196 g/mol. The van der Waals surface area contributed by atoms with E-state index in [1.807, 2.05) is 0 Å². The summed E-state index contributed by atoms with van der Waals surface area (Å²) in [6.45, 7) is 5.03. The number of ether oxygens (including phenoxy) is 2. The van der Waals surface area contributed by atoms with Gasteiger partial charge in [0, 0.05) is 11.5 Å². The van der Waals surface area contributed by atoms with Crippen LogP contribution in [0.15, 0.2) is 12.2 Å². The topological polar surface area (TPSA) is 59.1 Å². The maximum absolute atomic E-state index is 11.2. The Morgan fingerprint density at radius 3 is 2.87 bits per heavy atom. The number of esters is 1. The van der Waals surface area contributed by atoms with Crippen LogP contribution in [0.4, 0.5) is 0 Å². The first-order valence-electron chi connectivity index (χ1n) is 5.28. The van der Waals surface area contributed by atoms with Gasteiger partial charge < -0.3 is 14.6 Å². The van der Waals surface area contributed by atoms with Crippen LogP contribution in [0.3, 0.4) is 0 Å². The molecule has 1 heterocycles. The van der Waals surface area contributed by atoms with E-state index in [1.54, 1.807) is 6.92 Å². The van der Waals surface area contributed by atoms with Crippen LogP contribution in [0.1, 0.15) is 26.2 Å². The molecule has 2 aliphatic rings. The number of carbonyl (C=O) groups excluding carboxylic acids is 1. The van der Waals surface area contributed by atoms with E-state index in [-0.39, 0.29) is 12.0 Å². The summed E-state index contributed by atoms with van der Waals surface area (Å²) in [7, 11) is 0. The highest BCUT2D eigenvalue weighted by atomic mass is 16.6. The summed E-state index contributed by atoms with van der Waals surface area (Å²) < 4.78 is 10.2. The van der Waals surface area contributed by atoms with Gasteiger partial charge in [-0.25, -0.2) is 4.79 Å². The Balaban J connectivity index is 1.82. The lowest BCUT2D eigenvalue weighted by Gasteiger charge is -2.24. The minimum absolute atomic E-state index is 0.0112. The monoisotopic (exact) mass is 212 g/mol. The molecule has 1 aliphatic heterocycles. The number of aliphatic hydroxyl groups excluding tert-OH is 1. The molecule has 2 fully saturated rings. The van der Waals surface area contributed by atoms with Crippen LogP contribution in [-0.4, -0.2) is 29.6 Å². The van der Waals surface area contributed by atoms with Gasteiger partial charge in [-0.2, -0.15) is 0 Å². The molecule has 1 saturated carbocycles. The van der Waals surface area contributed by atoms with Gasteiger partial charge in [0.1, 0.15) is 0 Å². The van der Waals surface area contributed by atoms with Crippen molar-refractivity contribution in [2.45, 2.75) is 44.7 Å². The highest BCUT2D eigenvalue weighted by Crippen LogP contribution is 2.40. The normalized spacial score (nSPS) is 35.2. The molecule has 0 spiro atoms. The quantitative estimate of drug-likeness (QED) is 0.328. The summed E-state index contributed by atoms with van der Waals surface area (Å²) in [4.78, 5) is 11.2. The second-order valence-electron chi connectivity index (χ2n) is 4.36. The smallest absolute Gasteiger partial charge is 0.335 e. The van der Waals surface area contributed by atoms with Crippen LogP contribution >= 0.6 is 0 Å². The highest BCUT2D eigenvalue weighted by Gasteiger charge is 2.46. The largest absolute Gasteiger partial charge is 0.432 e. The highest BCUT2D eigenvalue weighted by molar-refractivity contribution is 5.87. The van der Waals surface area contributed by atoms with E-state index in [1.165, 1.54) is 0 Å². The van der Waals surface area contributed by atoms with Crippen molar-refractivity contribution in [1.29, 1.82) is 0 Å². The first-order valence-corrected chi connectivity index (χ1v) is 5.28. The molecule has 1 saturated heterocycles. The third-order valence-electron chi connectivity index (χ3n) is 3.02. The molecule has 0 bridgehead atoms. The van der Waals surface area contributed by atoms with Crippen molar-refractivity contribution in [2.24, 2.45) is 5.92 Å². The second-order valence-corrected chi connectivity index (χ2v) is 4.36. The molecule has 84 valence electrons. The Bertz CT molecular complexity index is 286. The lowest BCUT2D eigenvalue weighted by atomic mass is 9.89. The molecule has 0 amide bonds. The second kappa shape index (κ2) is 3.94. The molecule has 2 rings (SSSR count). The van der Waals surface area contributed by atoms with Crippen LogP contribution in [0.2, 0.25) is 0 Å². The molecular formula is C11H16O4. The average Bonchev–Trinajstić information content (AvgIpc) is 2.94. The standard InChI is InChI=1S/C11H16O4/c1-6(2)10(12)15-11(13)7-3-4-8-9(5-7)14-8/h7-9,11,13H,1,3-5H2,2H3. The fourth-order valence-electron chi connectivity index (χ4n) is 2.00. The SMILES string of the molecule is C=C(C)C(=O)OC(O)C1CCC2OC2C1. The summed E-state index contributed by atoms with van der Waals surface area (Å²) in [5, 5.41) is 9.69. The zero-order valence-electron chi connectivity index (χ0n) is 8.81. The third-order valence-corrected chi connectivity index (χ3v) is 3.02. The van der Waals surface area contributed by atoms with Gasteiger partial charge in [0.15, 0.2) is 0 Å². The van der Waals surface area contributed by atoms with Gasteiger partial charge in [-0.05, 0) is 26.2 Å². The first-order chi connectivity index (χ1) is 7.08. The van der Waals surface area contributed by atoms with Crippen LogP contribution in [0, 0.1) is 5.92 Å². The maximum atomic E-state index is 11.2. The van der Waals surface area contributed by atoms with E-state index in [0.717, 1.165) is 19.3 Å². The number of rotatable bonds is 3. The molecule has 0 aromatic rings. The summed E-state index contributed by atoms with van der Waals surface area (Å²) >= 11 is 0. The van der Waals surface area contributed by atoms with Crippen molar-refractivity contribution >= 4 is 5.97 Å². The van der Waals surface area contributed by atoms with E-state index in [0.29, 0.717) is 11.7 Å². The van der Waals surface area contributed by atoms with Crippen molar-refractivity contribution in [3.8, 4) is 0 Å². The first kappa shape index (κ1) is 10.6. The molecule has 1 N–H and O–H groups in total. The van der Waals surface area contributed by atoms with Gasteiger partial charge in [-0.3, -0.25) is 0 Å². The Kier molecular flexibility index (Phi) is 2.80. The van der Waals surface area contributed by atoms with Gasteiger partial charge in [0.25, 0.3) is 0 Å². The van der Waals surface area contributed by atoms with Crippen LogP contribution in [0.5, 0.6) is 0 Å². The summed E-state index contributed by atoms with van der Waals surface area (Å²) in [5.74, 6) is -0.515. The number of epoxide rings is 1. The molecule has 0 aromatic heterocycles. The van der Waals surface area contributed by atoms with E-state index >= 15 is 0 Å². The zero-order valence-corrected chi connectivity index (χ0v) is 8.81. The molecule has 4 atom stereocenters.